The van der Waals surface area contributed by atoms with Crippen molar-refractivity contribution >= 4 is 5.91 Å². The lowest BCUT2D eigenvalue weighted by atomic mass is 9.94. The van der Waals surface area contributed by atoms with Gasteiger partial charge in [0.2, 0.25) is 5.91 Å². The van der Waals surface area contributed by atoms with Crippen LogP contribution in [0.3, 0.4) is 0 Å². The first-order valence-corrected chi connectivity index (χ1v) is 7.01. The molecular formula is C15H18F3NO3. The number of benzene rings is 1. The monoisotopic (exact) mass is 317 g/mol. The number of hydrogen-bond donors (Lipinski definition) is 2. The molecule has 1 heterocycles. The van der Waals surface area contributed by atoms with Crippen molar-refractivity contribution in [3.05, 3.63) is 35.4 Å². The summed E-state index contributed by atoms with van der Waals surface area (Å²) in [5.41, 5.74) is -1.49. The number of rotatable bonds is 4. The number of alkyl halides is 3. The molecule has 4 nitrogen and oxygen atoms in total. The summed E-state index contributed by atoms with van der Waals surface area (Å²) in [4.78, 5) is 11.8. The van der Waals surface area contributed by atoms with E-state index in [9.17, 15) is 23.1 Å². The smallest absolute Gasteiger partial charge is 0.388 e. The molecule has 122 valence electrons. The van der Waals surface area contributed by atoms with Gasteiger partial charge in [0.05, 0.1) is 17.6 Å². The summed E-state index contributed by atoms with van der Waals surface area (Å²) >= 11 is 0. The van der Waals surface area contributed by atoms with E-state index in [-0.39, 0.29) is 18.5 Å². The van der Waals surface area contributed by atoms with Gasteiger partial charge in [-0.15, -0.1) is 0 Å². The lowest BCUT2D eigenvalue weighted by molar-refractivity contribution is -0.137. The van der Waals surface area contributed by atoms with Gasteiger partial charge in [0.1, 0.15) is 0 Å². The molecule has 2 rings (SSSR count). The van der Waals surface area contributed by atoms with Crippen LogP contribution in [0.25, 0.3) is 0 Å². The van der Waals surface area contributed by atoms with E-state index in [1.807, 2.05) is 0 Å². The molecule has 1 amide bonds. The summed E-state index contributed by atoms with van der Waals surface area (Å²) < 4.78 is 42.9. The molecule has 1 aromatic rings. The van der Waals surface area contributed by atoms with Gasteiger partial charge in [-0.3, -0.25) is 4.79 Å². The zero-order valence-electron chi connectivity index (χ0n) is 11.9. The maximum Gasteiger partial charge on any atom is 0.416 e. The lowest BCUT2D eigenvalue weighted by Gasteiger charge is -2.32. The highest BCUT2D eigenvalue weighted by atomic mass is 19.4. The highest BCUT2D eigenvalue weighted by Gasteiger charge is 2.31. The molecule has 0 spiro atoms. The Morgan fingerprint density at radius 2 is 2.00 bits per heavy atom. The van der Waals surface area contributed by atoms with E-state index >= 15 is 0 Å². The molecule has 1 fully saturated rings. The standard InChI is InChI=1S/C15H18F3NO3/c16-15(17,18)12-3-1-2-11(8-12)9-13(20)19-10-14(21)4-6-22-7-5-14/h1-3,8,21H,4-7,9-10H2,(H,19,20). The number of nitrogens with one attached hydrogen (secondary N) is 1. The third-order valence-corrected chi connectivity index (χ3v) is 3.66. The number of halogens is 3. The highest BCUT2D eigenvalue weighted by Crippen LogP contribution is 2.29. The Bertz CT molecular complexity index is 525. The van der Waals surface area contributed by atoms with Crippen molar-refractivity contribution in [2.45, 2.75) is 31.0 Å². The predicted octanol–water partition coefficient (Wildman–Crippen LogP) is 1.91. The van der Waals surface area contributed by atoms with E-state index in [1.54, 1.807) is 0 Å². The minimum absolute atomic E-state index is 0.0775. The van der Waals surface area contributed by atoms with Gasteiger partial charge < -0.3 is 15.2 Å². The lowest BCUT2D eigenvalue weighted by Crippen LogP contribution is -2.46. The van der Waals surface area contributed by atoms with Gasteiger partial charge in [-0.05, 0) is 11.6 Å². The van der Waals surface area contributed by atoms with E-state index in [0.29, 0.717) is 26.1 Å². The van der Waals surface area contributed by atoms with E-state index in [4.69, 9.17) is 4.74 Å². The van der Waals surface area contributed by atoms with Crippen LogP contribution >= 0.6 is 0 Å². The molecule has 0 saturated carbocycles. The van der Waals surface area contributed by atoms with Gasteiger partial charge in [-0.25, -0.2) is 0 Å². The third kappa shape index (κ3) is 4.71. The number of carbonyl (C=O) groups is 1. The number of amides is 1. The van der Waals surface area contributed by atoms with E-state index in [1.165, 1.54) is 12.1 Å². The molecular weight excluding hydrogens is 299 g/mol. The number of aliphatic hydroxyl groups is 1. The molecule has 0 aliphatic carbocycles. The van der Waals surface area contributed by atoms with Crippen LogP contribution in [0.2, 0.25) is 0 Å². The van der Waals surface area contributed by atoms with Crippen molar-refractivity contribution in [1.82, 2.24) is 5.32 Å². The van der Waals surface area contributed by atoms with E-state index < -0.39 is 23.2 Å². The summed E-state index contributed by atoms with van der Waals surface area (Å²) in [6, 6.07) is 4.67. The Hall–Kier alpha value is -1.60. The molecule has 1 aromatic carbocycles. The number of hydrogen-bond acceptors (Lipinski definition) is 3. The second-order valence-corrected chi connectivity index (χ2v) is 5.49. The second-order valence-electron chi connectivity index (χ2n) is 5.49. The van der Waals surface area contributed by atoms with Crippen molar-refractivity contribution in [2.24, 2.45) is 0 Å². The average Bonchev–Trinajstić information content (AvgIpc) is 2.46. The van der Waals surface area contributed by atoms with E-state index in [0.717, 1.165) is 12.1 Å². The van der Waals surface area contributed by atoms with Crippen molar-refractivity contribution in [2.75, 3.05) is 19.8 Å². The second kappa shape index (κ2) is 6.66. The molecule has 0 atom stereocenters. The normalized spacial score (nSPS) is 18.0. The Morgan fingerprint density at radius 3 is 2.64 bits per heavy atom. The first-order valence-electron chi connectivity index (χ1n) is 7.01. The molecule has 1 saturated heterocycles. The predicted molar refractivity (Wildman–Crippen MR) is 73.2 cm³/mol. The summed E-state index contributed by atoms with van der Waals surface area (Å²) in [5.74, 6) is -0.417. The van der Waals surface area contributed by atoms with Gasteiger partial charge in [0, 0.05) is 32.6 Å². The minimum atomic E-state index is -4.43. The van der Waals surface area contributed by atoms with Gasteiger partial charge in [0.25, 0.3) is 0 Å². The fourth-order valence-corrected chi connectivity index (χ4v) is 2.30. The van der Waals surface area contributed by atoms with Crippen molar-refractivity contribution in [3.8, 4) is 0 Å². The molecule has 0 bridgehead atoms. The molecule has 22 heavy (non-hydrogen) atoms. The zero-order valence-corrected chi connectivity index (χ0v) is 11.9. The number of ether oxygens (including phenoxy) is 1. The van der Waals surface area contributed by atoms with Crippen LogP contribution in [-0.4, -0.2) is 36.4 Å². The van der Waals surface area contributed by atoms with Gasteiger partial charge in [0.15, 0.2) is 0 Å². The van der Waals surface area contributed by atoms with Crippen LogP contribution in [0.5, 0.6) is 0 Å². The minimum Gasteiger partial charge on any atom is -0.388 e. The van der Waals surface area contributed by atoms with Crippen molar-refractivity contribution in [1.29, 1.82) is 0 Å². The van der Waals surface area contributed by atoms with Crippen LogP contribution in [0.4, 0.5) is 13.2 Å². The van der Waals surface area contributed by atoms with Gasteiger partial charge in [-0.2, -0.15) is 13.2 Å². The van der Waals surface area contributed by atoms with Gasteiger partial charge >= 0.3 is 6.18 Å². The van der Waals surface area contributed by atoms with Crippen molar-refractivity contribution < 1.29 is 27.8 Å². The maximum atomic E-state index is 12.6. The summed E-state index contributed by atoms with van der Waals surface area (Å²) in [6.07, 6.45) is -3.73. The van der Waals surface area contributed by atoms with Crippen LogP contribution in [0, 0.1) is 0 Å². The SMILES string of the molecule is O=C(Cc1cccc(C(F)(F)F)c1)NCC1(O)CCOCC1. The molecule has 0 unspecified atom stereocenters. The Labute approximate surface area is 126 Å². The van der Waals surface area contributed by atoms with Crippen molar-refractivity contribution in [3.63, 3.8) is 0 Å². The quantitative estimate of drug-likeness (QED) is 0.892. The Balaban J connectivity index is 1.89. The third-order valence-electron chi connectivity index (χ3n) is 3.66. The topological polar surface area (TPSA) is 58.6 Å². The molecule has 2 N–H and O–H groups in total. The van der Waals surface area contributed by atoms with Crippen LogP contribution in [0.15, 0.2) is 24.3 Å². The molecule has 0 aromatic heterocycles. The number of carbonyl (C=O) groups excluding carboxylic acids is 1. The molecule has 1 aliphatic heterocycles. The van der Waals surface area contributed by atoms with Crippen LogP contribution in [0.1, 0.15) is 24.0 Å². The van der Waals surface area contributed by atoms with Gasteiger partial charge in [-0.1, -0.05) is 18.2 Å². The Morgan fingerprint density at radius 1 is 1.32 bits per heavy atom. The first-order chi connectivity index (χ1) is 10.3. The maximum absolute atomic E-state index is 12.6. The summed E-state index contributed by atoms with van der Waals surface area (Å²) in [5, 5.41) is 12.8. The van der Waals surface area contributed by atoms with E-state index in [2.05, 4.69) is 5.32 Å². The summed E-state index contributed by atoms with van der Waals surface area (Å²) in [7, 11) is 0. The molecule has 7 heteroatoms. The van der Waals surface area contributed by atoms with Crippen LogP contribution in [-0.2, 0) is 22.1 Å². The highest BCUT2D eigenvalue weighted by molar-refractivity contribution is 5.78. The average molecular weight is 317 g/mol. The fraction of sp³-hybridized carbons (Fsp3) is 0.533. The largest absolute Gasteiger partial charge is 0.416 e. The van der Waals surface area contributed by atoms with Crippen LogP contribution < -0.4 is 5.32 Å². The molecule has 1 aliphatic rings. The Kier molecular flexibility index (Phi) is 5.08. The summed E-state index contributed by atoms with van der Waals surface area (Å²) in [6.45, 7) is 0.939. The fourth-order valence-electron chi connectivity index (χ4n) is 2.30. The zero-order chi connectivity index (χ0) is 16.2. The first kappa shape index (κ1) is 16.8. The molecule has 0 radical (unpaired) electrons.